The van der Waals surface area contributed by atoms with Gasteiger partial charge in [0.1, 0.15) is 5.60 Å². The molecular weight excluding hydrogens is 282 g/mol. The number of hydrogen-bond donors (Lipinski definition) is 2. The van der Waals surface area contributed by atoms with Gasteiger partial charge in [0.25, 0.3) is 0 Å². The Bertz CT molecular complexity index is 461. The molecule has 1 aliphatic rings. The zero-order valence-electron chi connectivity index (χ0n) is 11.7. The number of benzene rings is 1. The lowest BCUT2D eigenvalue weighted by Gasteiger charge is -2.21. The van der Waals surface area contributed by atoms with Gasteiger partial charge in [0.2, 0.25) is 0 Å². The van der Waals surface area contributed by atoms with E-state index in [9.17, 15) is 5.11 Å². The summed E-state index contributed by atoms with van der Waals surface area (Å²) in [7, 11) is 3.13. The first-order valence-corrected chi connectivity index (χ1v) is 6.87. The maximum Gasteiger partial charge on any atom is 0.179 e. The van der Waals surface area contributed by atoms with Crippen LogP contribution in [0.25, 0.3) is 0 Å². The van der Waals surface area contributed by atoms with Crippen LogP contribution < -0.4 is 14.8 Å². The van der Waals surface area contributed by atoms with E-state index in [0.717, 1.165) is 5.56 Å². The third-order valence-corrected chi connectivity index (χ3v) is 3.64. The molecule has 1 fully saturated rings. The Kier molecular flexibility index (Phi) is 5.10. The molecule has 6 heteroatoms. The molecule has 2 rings (SSSR count). The molecule has 1 saturated heterocycles. The summed E-state index contributed by atoms with van der Waals surface area (Å²) in [4.78, 5) is 0. The van der Waals surface area contributed by atoms with Crippen molar-refractivity contribution in [2.75, 3.05) is 34.0 Å². The van der Waals surface area contributed by atoms with Crippen LogP contribution in [0.2, 0.25) is 5.02 Å². The van der Waals surface area contributed by atoms with Gasteiger partial charge in [0, 0.05) is 26.1 Å². The number of ether oxygens (including phenoxy) is 3. The average molecular weight is 302 g/mol. The second kappa shape index (κ2) is 6.63. The minimum absolute atomic E-state index is 0.382. The lowest BCUT2D eigenvalue weighted by atomic mass is 10.0. The maximum atomic E-state index is 10.1. The van der Waals surface area contributed by atoms with Gasteiger partial charge in [-0.15, -0.1) is 0 Å². The van der Waals surface area contributed by atoms with Gasteiger partial charge in [-0.3, -0.25) is 0 Å². The predicted octanol–water partition coefficient (Wildman–Crippen LogP) is 1.60. The minimum Gasteiger partial charge on any atom is -0.493 e. The molecule has 1 unspecified atom stereocenters. The summed E-state index contributed by atoms with van der Waals surface area (Å²) in [6, 6.07) is 3.69. The van der Waals surface area contributed by atoms with E-state index in [-0.39, 0.29) is 0 Å². The Labute approximate surface area is 123 Å². The highest BCUT2D eigenvalue weighted by Gasteiger charge is 2.31. The van der Waals surface area contributed by atoms with Gasteiger partial charge < -0.3 is 24.6 Å². The molecule has 1 aliphatic heterocycles. The molecule has 0 spiro atoms. The Hall–Kier alpha value is -1.01. The van der Waals surface area contributed by atoms with Gasteiger partial charge in [-0.1, -0.05) is 11.6 Å². The minimum atomic E-state index is -0.764. The third kappa shape index (κ3) is 3.55. The number of nitrogens with one attached hydrogen (secondary N) is 1. The molecule has 0 aliphatic carbocycles. The largest absolute Gasteiger partial charge is 0.493 e. The SMILES string of the molecule is COc1cc(CNCC2(O)CCOC2)cc(Cl)c1OC. The van der Waals surface area contributed by atoms with Crippen LogP contribution in [0.1, 0.15) is 12.0 Å². The highest BCUT2D eigenvalue weighted by atomic mass is 35.5. The smallest absolute Gasteiger partial charge is 0.179 e. The van der Waals surface area contributed by atoms with Gasteiger partial charge in [-0.05, 0) is 17.7 Å². The third-order valence-electron chi connectivity index (χ3n) is 3.36. The van der Waals surface area contributed by atoms with Crippen molar-refractivity contribution >= 4 is 11.6 Å². The molecular formula is C14H20ClNO4. The van der Waals surface area contributed by atoms with Gasteiger partial charge in [0.05, 0.1) is 25.8 Å². The summed E-state index contributed by atoms with van der Waals surface area (Å²) >= 11 is 6.14. The van der Waals surface area contributed by atoms with Crippen LogP contribution in [0.3, 0.4) is 0 Å². The Morgan fingerprint density at radius 1 is 1.40 bits per heavy atom. The molecule has 1 atom stereocenters. The molecule has 112 valence electrons. The highest BCUT2D eigenvalue weighted by Crippen LogP contribution is 2.35. The van der Waals surface area contributed by atoms with Crippen LogP contribution in [0.4, 0.5) is 0 Å². The van der Waals surface area contributed by atoms with Crippen LogP contribution in [0.5, 0.6) is 11.5 Å². The zero-order valence-corrected chi connectivity index (χ0v) is 12.5. The number of hydrogen-bond acceptors (Lipinski definition) is 5. The summed E-state index contributed by atoms with van der Waals surface area (Å²) in [6.45, 7) is 2.06. The van der Waals surface area contributed by atoms with Crippen molar-refractivity contribution in [1.82, 2.24) is 5.32 Å². The lowest BCUT2D eigenvalue weighted by Crippen LogP contribution is -2.40. The molecule has 5 nitrogen and oxygen atoms in total. The molecule has 1 aromatic carbocycles. The molecule has 0 saturated carbocycles. The van der Waals surface area contributed by atoms with E-state index in [4.69, 9.17) is 25.8 Å². The Morgan fingerprint density at radius 3 is 2.80 bits per heavy atom. The van der Waals surface area contributed by atoms with E-state index in [1.807, 2.05) is 12.1 Å². The van der Waals surface area contributed by atoms with E-state index in [1.54, 1.807) is 14.2 Å². The number of rotatable bonds is 6. The van der Waals surface area contributed by atoms with Crippen LogP contribution in [0.15, 0.2) is 12.1 Å². The first-order valence-electron chi connectivity index (χ1n) is 6.49. The molecule has 1 aromatic rings. The number of methoxy groups -OCH3 is 2. The van der Waals surface area contributed by atoms with Crippen molar-refractivity contribution in [1.29, 1.82) is 0 Å². The second-order valence-electron chi connectivity index (χ2n) is 4.94. The molecule has 20 heavy (non-hydrogen) atoms. The van der Waals surface area contributed by atoms with Crippen molar-refractivity contribution < 1.29 is 19.3 Å². The topological polar surface area (TPSA) is 60.0 Å². The zero-order chi connectivity index (χ0) is 14.6. The normalized spacial score (nSPS) is 22.0. The van der Waals surface area contributed by atoms with E-state index in [1.165, 1.54) is 0 Å². The summed E-state index contributed by atoms with van der Waals surface area (Å²) < 4.78 is 15.6. The first kappa shape index (κ1) is 15.4. The number of aliphatic hydroxyl groups is 1. The van der Waals surface area contributed by atoms with E-state index in [0.29, 0.717) is 49.2 Å². The van der Waals surface area contributed by atoms with Crippen LogP contribution in [-0.4, -0.2) is 44.7 Å². The predicted molar refractivity (Wildman–Crippen MR) is 76.6 cm³/mol. The van der Waals surface area contributed by atoms with E-state index in [2.05, 4.69) is 5.32 Å². The molecule has 1 heterocycles. The Balaban J connectivity index is 1.97. The maximum absolute atomic E-state index is 10.1. The molecule has 0 amide bonds. The standard InChI is InChI=1S/C14H20ClNO4/c1-18-12-6-10(5-11(15)13(12)19-2)7-16-8-14(17)3-4-20-9-14/h5-6,16-17H,3-4,7-9H2,1-2H3. The van der Waals surface area contributed by atoms with Crippen molar-refractivity contribution in [2.24, 2.45) is 0 Å². The fourth-order valence-electron chi connectivity index (χ4n) is 2.25. The van der Waals surface area contributed by atoms with Crippen molar-refractivity contribution in [3.05, 3.63) is 22.7 Å². The fourth-order valence-corrected chi connectivity index (χ4v) is 2.56. The van der Waals surface area contributed by atoms with Gasteiger partial charge in [-0.2, -0.15) is 0 Å². The lowest BCUT2D eigenvalue weighted by molar-refractivity contribution is 0.0268. The number of halogens is 1. The van der Waals surface area contributed by atoms with Crippen molar-refractivity contribution in [2.45, 2.75) is 18.6 Å². The monoisotopic (exact) mass is 301 g/mol. The van der Waals surface area contributed by atoms with Crippen LogP contribution >= 0.6 is 11.6 Å². The van der Waals surface area contributed by atoms with Gasteiger partial charge in [0.15, 0.2) is 11.5 Å². The van der Waals surface area contributed by atoms with Gasteiger partial charge in [-0.25, -0.2) is 0 Å². The van der Waals surface area contributed by atoms with E-state index < -0.39 is 5.60 Å². The molecule has 0 radical (unpaired) electrons. The Morgan fingerprint density at radius 2 is 2.20 bits per heavy atom. The first-order chi connectivity index (χ1) is 9.58. The summed E-state index contributed by atoms with van der Waals surface area (Å²) in [5.41, 5.74) is 0.204. The van der Waals surface area contributed by atoms with Crippen LogP contribution in [0, 0.1) is 0 Å². The quantitative estimate of drug-likeness (QED) is 0.836. The molecule has 2 N–H and O–H groups in total. The molecule has 0 bridgehead atoms. The average Bonchev–Trinajstić information content (AvgIpc) is 2.85. The summed E-state index contributed by atoms with van der Waals surface area (Å²) in [5.74, 6) is 1.13. The summed E-state index contributed by atoms with van der Waals surface area (Å²) in [5, 5.41) is 13.9. The van der Waals surface area contributed by atoms with E-state index >= 15 is 0 Å². The van der Waals surface area contributed by atoms with Crippen molar-refractivity contribution in [3.63, 3.8) is 0 Å². The van der Waals surface area contributed by atoms with Crippen LogP contribution in [-0.2, 0) is 11.3 Å². The summed E-state index contributed by atoms with van der Waals surface area (Å²) in [6.07, 6.45) is 0.659. The van der Waals surface area contributed by atoms with Crippen molar-refractivity contribution in [3.8, 4) is 11.5 Å². The fraction of sp³-hybridized carbons (Fsp3) is 0.571. The van der Waals surface area contributed by atoms with Gasteiger partial charge >= 0.3 is 0 Å². The highest BCUT2D eigenvalue weighted by molar-refractivity contribution is 6.32. The second-order valence-corrected chi connectivity index (χ2v) is 5.35. The molecule has 0 aromatic heterocycles.